The van der Waals surface area contributed by atoms with Gasteiger partial charge in [0.05, 0.1) is 19.8 Å². The standard InChI is InChI=1S/C49H89N6O21P/c1-6-7-8-9-10-11-12-13-14-15-16-17-18-21-26-71-77(69,70)76-49-39(53-32(5)59)43(42(36(28-57)74-49)75-48-38(52-31(4)58)41(62)40(61)35(27-56)73-48)72-30(3)45(64)51-29(2)44(63)55-34(47(67)68)23-24-37(60)54-33(46(65)66)22-19-20-25-50/h29-30,33-36,38-43,48-49,56-57,61-62H,6-28,50H2,1-5H3,(H,51,64)(H,52,58)(H,53,59)(H,54,60)(H,55,63)(H,65,66)(H,67,68)(H,69,70)/t29-,30+,33-,34+,35+,36+,38+,39+,40+,41+,42+,43+,48-,49+/m0/s1. The molecular formula is C49H89N6O21P. The number of carbonyl (C=O) groups excluding carboxylic acids is 5. The van der Waals surface area contributed by atoms with Crippen LogP contribution in [0.2, 0.25) is 0 Å². The van der Waals surface area contributed by atoms with E-state index in [0.29, 0.717) is 32.2 Å². The molecule has 0 aromatic rings. The van der Waals surface area contributed by atoms with Gasteiger partial charge in [-0.05, 0) is 52.5 Å². The number of nitrogens with two attached hydrogens (primary N) is 1. The quantitative estimate of drug-likeness (QED) is 0.0293. The van der Waals surface area contributed by atoms with Crippen molar-refractivity contribution in [2.24, 2.45) is 5.73 Å². The molecule has 0 bridgehead atoms. The van der Waals surface area contributed by atoms with E-state index >= 15 is 0 Å². The minimum atomic E-state index is -5.06. The summed E-state index contributed by atoms with van der Waals surface area (Å²) in [6.07, 6.45) is -0.651. The topological polar surface area (TPSA) is 420 Å². The second kappa shape index (κ2) is 37.1. The van der Waals surface area contributed by atoms with Gasteiger partial charge in [-0.2, -0.15) is 0 Å². The molecule has 2 aliphatic heterocycles. The van der Waals surface area contributed by atoms with E-state index < -0.39 is 161 Å². The van der Waals surface area contributed by atoms with E-state index in [1.807, 2.05) is 0 Å². The van der Waals surface area contributed by atoms with Crippen LogP contribution in [0.3, 0.4) is 0 Å². The molecular weight excluding hydrogens is 1040 g/mol. The summed E-state index contributed by atoms with van der Waals surface area (Å²) in [6.45, 7) is 4.95. The summed E-state index contributed by atoms with van der Waals surface area (Å²) < 4.78 is 48.4. The Morgan fingerprint density at radius 3 is 1.68 bits per heavy atom. The lowest BCUT2D eigenvalue weighted by molar-refractivity contribution is -0.331. The predicted octanol–water partition coefficient (Wildman–Crippen LogP) is 0.479. The number of phosphoric acid groups is 1. The van der Waals surface area contributed by atoms with Crippen LogP contribution in [0.25, 0.3) is 0 Å². The first-order chi connectivity index (χ1) is 36.5. The summed E-state index contributed by atoms with van der Waals surface area (Å²) in [5.74, 6) is -7.26. The maximum Gasteiger partial charge on any atom is 0.474 e. The van der Waals surface area contributed by atoms with Crippen LogP contribution in [0.4, 0.5) is 0 Å². The van der Waals surface area contributed by atoms with Gasteiger partial charge >= 0.3 is 19.8 Å². The number of rotatable bonds is 40. The normalized spacial score (nSPS) is 25.8. The Labute approximate surface area is 450 Å². The molecule has 2 heterocycles. The van der Waals surface area contributed by atoms with Crippen molar-refractivity contribution in [3.63, 3.8) is 0 Å². The third-order valence-corrected chi connectivity index (χ3v) is 14.0. The summed E-state index contributed by atoms with van der Waals surface area (Å²) in [5.41, 5.74) is 5.46. The number of aliphatic hydroxyl groups is 4. The second-order valence-electron chi connectivity index (χ2n) is 19.6. The summed E-state index contributed by atoms with van der Waals surface area (Å²) >= 11 is 0. The Morgan fingerprint density at radius 1 is 0.636 bits per heavy atom. The van der Waals surface area contributed by atoms with Crippen molar-refractivity contribution < 1.29 is 102 Å². The lowest BCUT2D eigenvalue weighted by Crippen LogP contribution is -2.70. The maximum atomic E-state index is 13.8. The molecule has 446 valence electrons. The summed E-state index contributed by atoms with van der Waals surface area (Å²) in [5, 5.41) is 73.5. The molecule has 0 spiro atoms. The van der Waals surface area contributed by atoms with Crippen molar-refractivity contribution in [3.8, 4) is 0 Å². The van der Waals surface area contributed by atoms with Crippen LogP contribution in [0, 0.1) is 0 Å². The van der Waals surface area contributed by atoms with E-state index in [1.54, 1.807) is 0 Å². The first-order valence-corrected chi connectivity index (χ1v) is 28.4. The monoisotopic (exact) mass is 1130 g/mol. The second-order valence-corrected chi connectivity index (χ2v) is 21.0. The Hall–Kier alpha value is -3.96. The van der Waals surface area contributed by atoms with E-state index in [1.165, 1.54) is 65.2 Å². The van der Waals surface area contributed by atoms with Crippen LogP contribution in [-0.4, -0.2) is 189 Å². The van der Waals surface area contributed by atoms with Gasteiger partial charge in [-0.25, -0.2) is 14.2 Å². The number of aliphatic hydroxyl groups excluding tert-OH is 4. The zero-order valence-corrected chi connectivity index (χ0v) is 46.1. The Kier molecular flexibility index (Phi) is 33.3. The summed E-state index contributed by atoms with van der Waals surface area (Å²) in [6, 6.07) is -7.72. The maximum absolute atomic E-state index is 13.8. The fraction of sp³-hybridized carbons (Fsp3) is 0.857. The molecule has 2 fully saturated rings. The molecule has 5 amide bonds. The summed E-state index contributed by atoms with van der Waals surface area (Å²) in [7, 11) is -5.06. The number of unbranched alkanes of at least 4 members (excludes halogenated alkanes) is 14. The molecule has 0 radical (unpaired) electrons. The largest absolute Gasteiger partial charge is 0.480 e. The van der Waals surface area contributed by atoms with Gasteiger partial charge < -0.3 is 86.8 Å². The van der Waals surface area contributed by atoms with E-state index in [9.17, 15) is 73.7 Å². The molecule has 15 atom stereocenters. The van der Waals surface area contributed by atoms with E-state index in [4.69, 9.17) is 33.7 Å². The molecule has 2 saturated heterocycles. The van der Waals surface area contributed by atoms with E-state index in [2.05, 4.69) is 33.5 Å². The number of nitrogens with one attached hydrogen (secondary N) is 5. The van der Waals surface area contributed by atoms with Gasteiger partial charge in [0.2, 0.25) is 29.5 Å². The van der Waals surface area contributed by atoms with Crippen molar-refractivity contribution in [1.82, 2.24) is 26.6 Å². The van der Waals surface area contributed by atoms with Crippen LogP contribution < -0.4 is 32.3 Å². The number of ether oxygens (including phenoxy) is 4. The van der Waals surface area contributed by atoms with Crippen LogP contribution in [0.5, 0.6) is 0 Å². The number of amides is 5. The Morgan fingerprint density at radius 2 is 1.16 bits per heavy atom. The fourth-order valence-corrected chi connectivity index (χ4v) is 9.64. The lowest BCUT2D eigenvalue weighted by Gasteiger charge is -2.49. The molecule has 77 heavy (non-hydrogen) atoms. The zero-order chi connectivity index (χ0) is 57.7. The van der Waals surface area contributed by atoms with Gasteiger partial charge in [-0.3, -0.25) is 33.0 Å². The van der Waals surface area contributed by atoms with Crippen molar-refractivity contribution in [2.75, 3.05) is 26.4 Å². The molecule has 14 N–H and O–H groups in total. The number of carboxylic acid groups (broad SMARTS) is 2. The fourth-order valence-electron chi connectivity index (χ4n) is 8.77. The third kappa shape index (κ3) is 25.8. The number of hydrogen-bond acceptors (Lipinski definition) is 19. The van der Waals surface area contributed by atoms with Gasteiger partial charge in [0, 0.05) is 20.3 Å². The highest BCUT2D eigenvalue weighted by atomic mass is 31.2. The molecule has 28 heteroatoms. The summed E-state index contributed by atoms with van der Waals surface area (Å²) in [4.78, 5) is 99.6. The molecule has 0 saturated carbocycles. The first kappa shape index (κ1) is 69.1. The van der Waals surface area contributed by atoms with Crippen LogP contribution in [0.15, 0.2) is 0 Å². The first-order valence-electron chi connectivity index (χ1n) is 27.0. The number of carboxylic acids is 2. The van der Waals surface area contributed by atoms with Crippen LogP contribution in [-0.2, 0) is 66.1 Å². The highest BCUT2D eigenvalue weighted by Crippen LogP contribution is 2.47. The number of carbonyl (C=O) groups is 7. The van der Waals surface area contributed by atoms with Crippen molar-refractivity contribution in [1.29, 1.82) is 0 Å². The number of aliphatic carboxylic acids is 2. The molecule has 1 unspecified atom stereocenters. The van der Waals surface area contributed by atoms with Crippen LogP contribution >= 0.6 is 7.82 Å². The molecule has 2 rings (SSSR count). The number of hydrogen-bond donors (Lipinski definition) is 13. The third-order valence-electron chi connectivity index (χ3n) is 13.1. The van der Waals surface area contributed by atoms with Gasteiger partial charge in [0.15, 0.2) is 12.6 Å². The Bertz CT molecular complexity index is 1860. The molecule has 0 aliphatic carbocycles. The molecule has 0 aromatic carbocycles. The van der Waals surface area contributed by atoms with Gasteiger partial charge in [-0.15, -0.1) is 0 Å². The van der Waals surface area contributed by atoms with Crippen LogP contribution in [0.1, 0.15) is 157 Å². The van der Waals surface area contributed by atoms with E-state index in [0.717, 1.165) is 39.5 Å². The number of phosphoric ester groups is 1. The van der Waals surface area contributed by atoms with Crippen molar-refractivity contribution in [2.45, 2.75) is 242 Å². The SMILES string of the molecule is CCCCCCCCCCCCCCCCOP(=O)(O)O[C@H]1O[C@H](CO)[C@@H](O[C@@H]2O[C@H](CO)[C@@H](O)[C@H](O)[C@H]2NC(C)=O)[C@H](O[C@H](C)C(=O)N[C@@H](C)C(=O)N[C@H](CCC(=O)N[C@@H](CCCCN)C(=O)O)C(=O)O)[C@H]1NC(C)=O. The smallest absolute Gasteiger partial charge is 0.474 e. The molecule has 2 aliphatic rings. The Balaban J connectivity index is 2.30. The molecule has 27 nitrogen and oxygen atoms in total. The predicted molar refractivity (Wildman–Crippen MR) is 274 cm³/mol. The minimum absolute atomic E-state index is 0.0801. The van der Waals surface area contributed by atoms with Crippen molar-refractivity contribution in [3.05, 3.63) is 0 Å². The van der Waals surface area contributed by atoms with Gasteiger partial charge in [0.1, 0.15) is 72.9 Å². The highest BCUT2D eigenvalue weighted by Gasteiger charge is 2.54. The highest BCUT2D eigenvalue weighted by molar-refractivity contribution is 7.47. The average Bonchev–Trinajstić information content (AvgIpc) is 3.36. The molecule has 0 aromatic heterocycles. The van der Waals surface area contributed by atoms with E-state index in [-0.39, 0.29) is 13.0 Å². The minimum Gasteiger partial charge on any atom is -0.480 e. The zero-order valence-electron chi connectivity index (χ0n) is 45.2. The lowest BCUT2D eigenvalue weighted by atomic mass is 9.94. The van der Waals surface area contributed by atoms with Gasteiger partial charge in [0.25, 0.3) is 0 Å². The van der Waals surface area contributed by atoms with Crippen molar-refractivity contribution >= 4 is 49.3 Å². The average molecular weight is 1130 g/mol. The van der Waals surface area contributed by atoms with Gasteiger partial charge in [-0.1, -0.05) is 90.4 Å².